The van der Waals surface area contributed by atoms with Crippen LogP contribution >= 0.6 is 0 Å². The fourth-order valence-electron chi connectivity index (χ4n) is 2.61. The maximum Gasteiger partial charge on any atom is 0.286 e. The van der Waals surface area contributed by atoms with E-state index in [-0.39, 0.29) is 18.0 Å². The number of pyridine rings is 1. The minimum atomic E-state index is -0.317. The van der Waals surface area contributed by atoms with Crippen molar-refractivity contribution >= 4 is 0 Å². The smallest absolute Gasteiger partial charge is 0.286 e. The van der Waals surface area contributed by atoms with Gasteiger partial charge in [0.2, 0.25) is 0 Å². The van der Waals surface area contributed by atoms with Gasteiger partial charge in [-0.25, -0.2) is 4.39 Å². The van der Waals surface area contributed by atoms with Crippen LogP contribution in [0.25, 0.3) is 0 Å². The molecule has 0 aliphatic heterocycles. The molecular weight excluding hydrogens is 359 g/mol. The quantitative estimate of drug-likeness (QED) is 0.618. The highest BCUT2D eigenvalue weighted by Gasteiger charge is 2.03. The van der Waals surface area contributed by atoms with Gasteiger partial charge in [-0.15, -0.1) is 0 Å². The van der Waals surface area contributed by atoms with Crippen molar-refractivity contribution in [2.24, 2.45) is 0 Å². The minimum Gasteiger partial charge on any atom is -0.489 e. The standard InChI is InChI=1S/C22H23FN2O3/c1-24-12-10-17-2-4-19(5-3-17)16-28-25-13-11-21(14-22(25)26)27-15-18-6-8-20(23)9-7-18/h2-9,11,13-14,24H,10,12,15-16H2,1H3. The normalized spacial score (nSPS) is 10.6. The van der Waals surface area contributed by atoms with Crippen LogP contribution < -0.4 is 20.5 Å². The second-order valence-corrected chi connectivity index (χ2v) is 6.39. The van der Waals surface area contributed by atoms with Crippen LogP contribution in [0.2, 0.25) is 0 Å². The van der Waals surface area contributed by atoms with Crippen molar-refractivity contribution in [2.45, 2.75) is 19.6 Å². The molecule has 0 aliphatic rings. The number of aromatic nitrogens is 1. The fourth-order valence-corrected chi connectivity index (χ4v) is 2.61. The van der Waals surface area contributed by atoms with E-state index >= 15 is 0 Å². The Morgan fingerprint density at radius 3 is 2.25 bits per heavy atom. The van der Waals surface area contributed by atoms with E-state index < -0.39 is 0 Å². The molecule has 6 heteroatoms. The van der Waals surface area contributed by atoms with Crippen LogP contribution in [0.1, 0.15) is 16.7 Å². The maximum absolute atomic E-state index is 12.9. The SMILES string of the molecule is CNCCc1ccc(COn2ccc(OCc3ccc(F)cc3)cc2=O)cc1. The molecule has 0 saturated carbocycles. The Labute approximate surface area is 163 Å². The molecule has 28 heavy (non-hydrogen) atoms. The molecule has 0 spiro atoms. The number of ether oxygens (including phenoxy) is 1. The molecule has 3 aromatic rings. The van der Waals surface area contributed by atoms with Crippen LogP contribution in [-0.2, 0) is 19.6 Å². The average Bonchev–Trinajstić information content (AvgIpc) is 2.72. The predicted molar refractivity (Wildman–Crippen MR) is 106 cm³/mol. The van der Waals surface area contributed by atoms with Crippen molar-refractivity contribution in [3.8, 4) is 5.75 Å². The van der Waals surface area contributed by atoms with Gasteiger partial charge in [0.25, 0.3) is 5.56 Å². The van der Waals surface area contributed by atoms with Crippen LogP contribution in [0.15, 0.2) is 71.7 Å². The summed E-state index contributed by atoms with van der Waals surface area (Å²) < 4.78 is 19.7. The number of hydrogen-bond acceptors (Lipinski definition) is 4. The molecule has 1 N–H and O–H groups in total. The summed E-state index contributed by atoms with van der Waals surface area (Å²) in [6.07, 6.45) is 2.50. The number of nitrogens with one attached hydrogen (secondary N) is 1. The Kier molecular flexibility index (Phi) is 6.81. The van der Waals surface area contributed by atoms with Gasteiger partial charge in [-0.05, 0) is 48.8 Å². The molecule has 146 valence electrons. The van der Waals surface area contributed by atoms with E-state index in [0.29, 0.717) is 12.4 Å². The van der Waals surface area contributed by atoms with Crippen molar-refractivity contribution in [3.05, 3.63) is 99.7 Å². The first-order valence-corrected chi connectivity index (χ1v) is 9.10. The highest BCUT2D eigenvalue weighted by Crippen LogP contribution is 2.11. The Morgan fingerprint density at radius 2 is 1.57 bits per heavy atom. The molecule has 0 saturated heterocycles. The summed E-state index contributed by atoms with van der Waals surface area (Å²) in [6.45, 7) is 1.48. The molecular formula is C22H23FN2O3. The monoisotopic (exact) mass is 382 g/mol. The summed E-state index contributed by atoms with van der Waals surface area (Å²) in [7, 11) is 1.93. The van der Waals surface area contributed by atoms with Gasteiger partial charge in [-0.3, -0.25) is 4.79 Å². The number of halogens is 1. The van der Waals surface area contributed by atoms with E-state index in [1.165, 1.54) is 34.7 Å². The number of benzene rings is 2. The summed E-state index contributed by atoms with van der Waals surface area (Å²) in [5, 5.41) is 3.12. The summed E-state index contributed by atoms with van der Waals surface area (Å²) in [6, 6.07) is 17.2. The van der Waals surface area contributed by atoms with Gasteiger partial charge < -0.3 is 14.9 Å². The Morgan fingerprint density at radius 1 is 0.929 bits per heavy atom. The third kappa shape index (κ3) is 5.69. The lowest BCUT2D eigenvalue weighted by atomic mass is 10.1. The Hall–Kier alpha value is -3.12. The van der Waals surface area contributed by atoms with E-state index in [4.69, 9.17) is 9.57 Å². The molecule has 0 atom stereocenters. The van der Waals surface area contributed by atoms with Gasteiger partial charge in [0, 0.05) is 12.1 Å². The number of nitrogens with zero attached hydrogens (tertiary/aromatic N) is 1. The maximum atomic E-state index is 12.9. The largest absolute Gasteiger partial charge is 0.489 e. The van der Waals surface area contributed by atoms with Crippen molar-refractivity contribution in [3.63, 3.8) is 0 Å². The van der Waals surface area contributed by atoms with Crippen molar-refractivity contribution < 1.29 is 14.0 Å². The summed E-state index contributed by atoms with van der Waals surface area (Å²) in [4.78, 5) is 17.8. The first kappa shape index (κ1) is 19.6. The van der Waals surface area contributed by atoms with Crippen LogP contribution in [0.3, 0.4) is 0 Å². The third-order valence-electron chi connectivity index (χ3n) is 4.23. The zero-order valence-corrected chi connectivity index (χ0v) is 15.7. The molecule has 0 fully saturated rings. The molecule has 2 aromatic carbocycles. The van der Waals surface area contributed by atoms with E-state index in [0.717, 1.165) is 24.1 Å². The van der Waals surface area contributed by atoms with Crippen LogP contribution in [0, 0.1) is 5.82 Å². The summed E-state index contributed by atoms with van der Waals surface area (Å²) in [5.74, 6) is 0.138. The summed E-state index contributed by atoms with van der Waals surface area (Å²) >= 11 is 0. The first-order chi connectivity index (χ1) is 13.6. The Bertz CT molecular complexity index is 937. The second-order valence-electron chi connectivity index (χ2n) is 6.39. The molecule has 0 amide bonds. The van der Waals surface area contributed by atoms with Crippen LogP contribution in [0.5, 0.6) is 5.75 Å². The molecule has 1 heterocycles. The molecule has 0 aliphatic carbocycles. The van der Waals surface area contributed by atoms with E-state index in [2.05, 4.69) is 17.4 Å². The predicted octanol–water partition coefficient (Wildman–Crippen LogP) is 2.96. The lowest BCUT2D eigenvalue weighted by Gasteiger charge is -2.11. The zero-order chi connectivity index (χ0) is 19.8. The Balaban J connectivity index is 1.53. The molecule has 0 bridgehead atoms. The topological polar surface area (TPSA) is 52.5 Å². The van der Waals surface area contributed by atoms with Gasteiger partial charge in [0.1, 0.15) is 24.8 Å². The van der Waals surface area contributed by atoms with Gasteiger partial charge in [-0.1, -0.05) is 36.4 Å². The summed E-state index contributed by atoms with van der Waals surface area (Å²) in [5.41, 5.74) is 2.73. The number of likely N-dealkylation sites (N-methyl/N-ethyl adjacent to an activating group) is 1. The molecule has 0 unspecified atom stereocenters. The molecule has 3 rings (SSSR count). The third-order valence-corrected chi connectivity index (χ3v) is 4.23. The van der Waals surface area contributed by atoms with Crippen LogP contribution in [0.4, 0.5) is 4.39 Å². The molecule has 0 radical (unpaired) electrons. The lowest BCUT2D eigenvalue weighted by molar-refractivity contribution is 0.0884. The van der Waals surface area contributed by atoms with E-state index in [9.17, 15) is 9.18 Å². The fraction of sp³-hybridized carbons (Fsp3) is 0.227. The van der Waals surface area contributed by atoms with Gasteiger partial charge >= 0.3 is 0 Å². The highest BCUT2D eigenvalue weighted by atomic mass is 19.1. The van der Waals surface area contributed by atoms with Crippen molar-refractivity contribution in [1.29, 1.82) is 0 Å². The average molecular weight is 382 g/mol. The van der Waals surface area contributed by atoms with Crippen molar-refractivity contribution in [2.75, 3.05) is 13.6 Å². The highest BCUT2D eigenvalue weighted by molar-refractivity contribution is 5.23. The molecule has 5 nitrogen and oxygen atoms in total. The zero-order valence-electron chi connectivity index (χ0n) is 15.7. The van der Waals surface area contributed by atoms with E-state index in [1.807, 2.05) is 19.2 Å². The molecule has 1 aromatic heterocycles. The van der Waals surface area contributed by atoms with Gasteiger partial charge in [-0.2, -0.15) is 4.73 Å². The second kappa shape index (κ2) is 9.71. The van der Waals surface area contributed by atoms with Crippen LogP contribution in [-0.4, -0.2) is 18.3 Å². The van der Waals surface area contributed by atoms with Gasteiger partial charge in [0.15, 0.2) is 0 Å². The number of rotatable bonds is 9. The first-order valence-electron chi connectivity index (χ1n) is 9.10. The minimum absolute atomic E-state index is 0.254. The van der Waals surface area contributed by atoms with Crippen molar-refractivity contribution in [1.82, 2.24) is 10.0 Å². The number of hydrogen-bond donors (Lipinski definition) is 1. The van der Waals surface area contributed by atoms with E-state index in [1.54, 1.807) is 18.2 Å². The lowest BCUT2D eigenvalue weighted by Crippen LogP contribution is -2.25. The van der Waals surface area contributed by atoms with Gasteiger partial charge in [0.05, 0.1) is 6.20 Å².